The highest BCUT2D eigenvalue weighted by Crippen LogP contribution is 2.26. The van der Waals surface area contributed by atoms with Gasteiger partial charge in [-0.15, -0.1) is 0 Å². The SMILES string of the molecule is Cc1cccc(C)c1-c1nc2ccccc2[nH]1. The summed E-state index contributed by atoms with van der Waals surface area (Å²) in [6, 6.07) is 14.4. The predicted molar refractivity (Wildman–Crippen MR) is 71.0 cm³/mol. The van der Waals surface area contributed by atoms with E-state index in [0.29, 0.717) is 0 Å². The van der Waals surface area contributed by atoms with Gasteiger partial charge in [0.2, 0.25) is 0 Å². The summed E-state index contributed by atoms with van der Waals surface area (Å²) in [5.41, 5.74) is 5.83. The molecule has 0 amide bonds. The summed E-state index contributed by atoms with van der Waals surface area (Å²) in [4.78, 5) is 8.03. The third kappa shape index (κ3) is 1.62. The van der Waals surface area contributed by atoms with Gasteiger partial charge in [0.25, 0.3) is 0 Å². The highest BCUT2D eigenvalue weighted by atomic mass is 14.9. The fourth-order valence-corrected chi connectivity index (χ4v) is 2.26. The number of nitrogens with zero attached hydrogens (tertiary/aromatic N) is 1. The minimum atomic E-state index is 0.960. The van der Waals surface area contributed by atoms with Crippen LogP contribution in [0.4, 0.5) is 0 Å². The Bertz CT molecular complexity index is 627. The van der Waals surface area contributed by atoms with Crippen molar-refractivity contribution in [1.29, 1.82) is 0 Å². The Morgan fingerprint density at radius 2 is 1.59 bits per heavy atom. The van der Waals surface area contributed by atoms with E-state index in [1.54, 1.807) is 0 Å². The van der Waals surface area contributed by atoms with Crippen molar-refractivity contribution >= 4 is 11.0 Å². The van der Waals surface area contributed by atoms with E-state index in [2.05, 4.69) is 48.1 Å². The molecule has 2 aromatic carbocycles. The van der Waals surface area contributed by atoms with Crippen LogP contribution in [0.2, 0.25) is 0 Å². The zero-order valence-corrected chi connectivity index (χ0v) is 9.99. The zero-order valence-electron chi connectivity index (χ0n) is 9.99. The van der Waals surface area contributed by atoms with Crippen molar-refractivity contribution in [3.8, 4) is 11.4 Å². The van der Waals surface area contributed by atoms with Crippen molar-refractivity contribution in [1.82, 2.24) is 9.97 Å². The summed E-state index contributed by atoms with van der Waals surface area (Å²) in [5.74, 6) is 0.960. The van der Waals surface area contributed by atoms with Crippen molar-refractivity contribution < 1.29 is 0 Å². The Balaban J connectivity index is 2.27. The Hall–Kier alpha value is -2.09. The Labute approximate surface area is 100 Å². The summed E-state index contributed by atoms with van der Waals surface area (Å²) in [6.07, 6.45) is 0. The fraction of sp³-hybridized carbons (Fsp3) is 0.133. The molecule has 0 aliphatic heterocycles. The second kappa shape index (κ2) is 3.74. The third-order valence-corrected chi connectivity index (χ3v) is 3.11. The summed E-state index contributed by atoms with van der Waals surface area (Å²) in [7, 11) is 0. The monoisotopic (exact) mass is 222 g/mol. The highest BCUT2D eigenvalue weighted by Gasteiger charge is 2.09. The van der Waals surface area contributed by atoms with E-state index in [0.717, 1.165) is 16.9 Å². The first-order valence-corrected chi connectivity index (χ1v) is 5.77. The molecule has 1 aromatic heterocycles. The minimum Gasteiger partial charge on any atom is -0.338 e. The zero-order chi connectivity index (χ0) is 11.8. The number of aryl methyl sites for hydroxylation is 2. The molecule has 2 nitrogen and oxygen atoms in total. The number of aromatic nitrogens is 2. The van der Waals surface area contributed by atoms with Crippen molar-refractivity contribution in [3.05, 3.63) is 53.6 Å². The van der Waals surface area contributed by atoms with Crippen molar-refractivity contribution in [2.24, 2.45) is 0 Å². The van der Waals surface area contributed by atoms with Crippen LogP contribution in [-0.4, -0.2) is 9.97 Å². The Morgan fingerprint density at radius 1 is 0.882 bits per heavy atom. The molecule has 17 heavy (non-hydrogen) atoms. The number of imidazole rings is 1. The largest absolute Gasteiger partial charge is 0.338 e. The van der Waals surface area contributed by atoms with Gasteiger partial charge in [0.1, 0.15) is 5.82 Å². The summed E-state index contributed by atoms with van der Waals surface area (Å²) < 4.78 is 0. The van der Waals surface area contributed by atoms with Crippen LogP contribution >= 0.6 is 0 Å². The molecule has 0 atom stereocenters. The lowest BCUT2D eigenvalue weighted by Gasteiger charge is -2.05. The van der Waals surface area contributed by atoms with E-state index in [4.69, 9.17) is 0 Å². The number of nitrogens with one attached hydrogen (secondary N) is 1. The standard InChI is InChI=1S/C15H14N2/c1-10-6-5-7-11(2)14(10)15-16-12-8-3-4-9-13(12)17-15/h3-9H,1-2H3,(H,16,17). The number of benzene rings is 2. The number of hydrogen-bond donors (Lipinski definition) is 1. The van der Waals surface area contributed by atoms with Crippen LogP contribution in [0.1, 0.15) is 11.1 Å². The van der Waals surface area contributed by atoms with Gasteiger partial charge in [0.05, 0.1) is 11.0 Å². The smallest absolute Gasteiger partial charge is 0.139 e. The predicted octanol–water partition coefficient (Wildman–Crippen LogP) is 3.85. The number of rotatable bonds is 1. The lowest BCUT2D eigenvalue weighted by Crippen LogP contribution is -1.89. The molecule has 1 N–H and O–H groups in total. The van der Waals surface area contributed by atoms with Crippen molar-refractivity contribution in [3.63, 3.8) is 0 Å². The van der Waals surface area contributed by atoms with Gasteiger partial charge in [-0.05, 0) is 37.1 Å². The molecule has 0 bridgehead atoms. The molecule has 3 rings (SSSR count). The van der Waals surface area contributed by atoms with Crippen LogP contribution in [0.5, 0.6) is 0 Å². The summed E-state index contributed by atoms with van der Waals surface area (Å²) in [6.45, 7) is 4.24. The molecule has 2 heteroatoms. The number of H-pyrrole nitrogens is 1. The van der Waals surface area contributed by atoms with Crippen molar-refractivity contribution in [2.45, 2.75) is 13.8 Å². The molecule has 84 valence electrons. The third-order valence-electron chi connectivity index (χ3n) is 3.11. The fourth-order valence-electron chi connectivity index (χ4n) is 2.26. The average molecular weight is 222 g/mol. The van der Waals surface area contributed by atoms with E-state index >= 15 is 0 Å². The van der Waals surface area contributed by atoms with Gasteiger partial charge < -0.3 is 4.98 Å². The number of para-hydroxylation sites is 2. The number of aromatic amines is 1. The van der Waals surface area contributed by atoms with Gasteiger partial charge in [-0.2, -0.15) is 0 Å². The first-order valence-electron chi connectivity index (χ1n) is 5.77. The van der Waals surface area contributed by atoms with E-state index < -0.39 is 0 Å². The van der Waals surface area contributed by atoms with E-state index in [1.165, 1.54) is 16.7 Å². The van der Waals surface area contributed by atoms with Gasteiger partial charge >= 0.3 is 0 Å². The Morgan fingerprint density at radius 3 is 2.29 bits per heavy atom. The molecule has 1 heterocycles. The molecule has 0 saturated carbocycles. The quantitative estimate of drug-likeness (QED) is 0.665. The normalized spacial score (nSPS) is 10.9. The topological polar surface area (TPSA) is 28.7 Å². The second-order valence-electron chi connectivity index (χ2n) is 4.37. The lowest BCUT2D eigenvalue weighted by atomic mass is 10.0. The van der Waals surface area contributed by atoms with E-state index in [1.807, 2.05) is 18.2 Å². The van der Waals surface area contributed by atoms with Crippen LogP contribution in [0.15, 0.2) is 42.5 Å². The van der Waals surface area contributed by atoms with Gasteiger partial charge in [-0.1, -0.05) is 30.3 Å². The number of hydrogen-bond acceptors (Lipinski definition) is 1. The lowest BCUT2D eigenvalue weighted by molar-refractivity contribution is 1.27. The van der Waals surface area contributed by atoms with Crippen LogP contribution in [0, 0.1) is 13.8 Å². The van der Waals surface area contributed by atoms with Crippen LogP contribution in [0.3, 0.4) is 0 Å². The van der Waals surface area contributed by atoms with Crippen LogP contribution < -0.4 is 0 Å². The van der Waals surface area contributed by atoms with Crippen molar-refractivity contribution in [2.75, 3.05) is 0 Å². The maximum Gasteiger partial charge on any atom is 0.139 e. The van der Waals surface area contributed by atoms with Gasteiger partial charge in [0, 0.05) is 5.56 Å². The van der Waals surface area contributed by atoms with Gasteiger partial charge in [0.15, 0.2) is 0 Å². The molecule has 0 saturated heterocycles. The molecule has 0 aliphatic rings. The molecule has 0 spiro atoms. The summed E-state index contributed by atoms with van der Waals surface area (Å²) >= 11 is 0. The molecule has 0 fully saturated rings. The van der Waals surface area contributed by atoms with Crippen LogP contribution in [0.25, 0.3) is 22.4 Å². The van der Waals surface area contributed by atoms with E-state index in [-0.39, 0.29) is 0 Å². The number of fused-ring (bicyclic) bond motifs is 1. The van der Waals surface area contributed by atoms with Gasteiger partial charge in [-0.3, -0.25) is 0 Å². The average Bonchev–Trinajstić information content (AvgIpc) is 2.71. The molecular formula is C15H14N2. The highest BCUT2D eigenvalue weighted by molar-refractivity contribution is 5.80. The minimum absolute atomic E-state index is 0.960. The molecule has 0 aliphatic carbocycles. The molecule has 3 aromatic rings. The maximum absolute atomic E-state index is 4.65. The summed E-state index contributed by atoms with van der Waals surface area (Å²) in [5, 5.41) is 0. The first-order chi connectivity index (χ1) is 8.25. The first kappa shape index (κ1) is 10.1. The molecule has 0 unspecified atom stereocenters. The second-order valence-corrected chi connectivity index (χ2v) is 4.37. The molecule has 0 radical (unpaired) electrons. The van der Waals surface area contributed by atoms with Crippen LogP contribution in [-0.2, 0) is 0 Å². The Kier molecular flexibility index (Phi) is 2.22. The maximum atomic E-state index is 4.65. The van der Waals surface area contributed by atoms with E-state index in [9.17, 15) is 0 Å². The molecular weight excluding hydrogens is 208 g/mol. The van der Waals surface area contributed by atoms with Gasteiger partial charge in [-0.25, -0.2) is 4.98 Å².